The Balaban J connectivity index is 1.99. The van der Waals surface area contributed by atoms with E-state index in [0.717, 1.165) is 0 Å². The van der Waals surface area contributed by atoms with Crippen LogP contribution in [0, 0.1) is 0 Å². The van der Waals surface area contributed by atoms with Crippen molar-refractivity contribution in [2.24, 2.45) is 0 Å². The van der Waals surface area contributed by atoms with Crippen LogP contribution >= 0.6 is 0 Å². The second kappa shape index (κ2) is 7.77. The highest BCUT2D eigenvalue weighted by atomic mass is 16.6. The monoisotopic (exact) mass is 382 g/mol. The Kier molecular flexibility index (Phi) is 5.41. The molecule has 1 atom stereocenters. The van der Waals surface area contributed by atoms with Gasteiger partial charge in [0, 0.05) is 18.3 Å². The normalized spacial score (nSPS) is 17.5. The number of benzene rings is 1. The van der Waals surface area contributed by atoms with Crippen molar-refractivity contribution >= 4 is 29.0 Å². The Hall–Kier alpha value is -3.26. The predicted octanol–water partition coefficient (Wildman–Crippen LogP) is 2.49. The van der Waals surface area contributed by atoms with Gasteiger partial charge < -0.3 is 20.1 Å². The highest BCUT2D eigenvalue weighted by Gasteiger charge is 2.47. The first-order valence-electron chi connectivity index (χ1n) is 8.84. The lowest BCUT2D eigenvalue weighted by molar-refractivity contribution is -0.136. The number of hydrogen-bond donors (Lipinski definition) is 2. The number of carbonyl (C=O) groups excluding carboxylic acids is 2. The number of hydrogen-bond acceptors (Lipinski definition) is 7. The molecule has 0 spiro atoms. The van der Waals surface area contributed by atoms with E-state index in [1.54, 1.807) is 39.1 Å². The molecular weight excluding hydrogens is 360 g/mol. The van der Waals surface area contributed by atoms with Crippen LogP contribution in [-0.4, -0.2) is 47.7 Å². The van der Waals surface area contributed by atoms with Crippen LogP contribution < -0.4 is 10.6 Å². The standard InChI is InChI=1S/C20H22N4O4/c1-5-27-18(25)12(2)15-16(22-11-23-17(15)21-4)13-7-6-8-14(9-13)24-19(26)20(3)10-28-20/h6-9,11H,2,5,10H2,1,3-4H3,(H,24,26)(H,21,22,23). The van der Waals surface area contributed by atoms with Crippen molar-refractivity contribution in [3.8, 4) is 11.3 Å². The quantitative estimate of drug-likeness (QED) is 0.430. The first kappa shape index (κ1) is 19.5. The van der Waals surface area contributed by atoms with Crippen molar-refractivity contribution in [1.82, 2.24) is 9.97 Å². The molecule has 0 aliphatic carbocycles. The Bertz CT molecular complexity index is 938. The Labute approximate surface area is 163 Å². The molecule has 1 aliphatic heterocycles. The predicted molar refractivity (Wildman–Crippen MR) is 106 cm³/mol. The number of carbonyl (C=O) groups is 2. The van der Waals surface area contributed by atoms with Crippen molar-refractivity contribution < 1.29 is 19.1 Å². The lowest BCUT2D eigenvalue weighted by Gasteiger charge is -2.15. The van der Waals surface area contributed by atoms with Crippen LogP contribution in [0.3, 0.4) is 0 Å². The van der Waals surface area contributed by atoms with Crippen molar-refractivity contribution in [1.29, 1.82) is 0 Å². The van der Waals surface area contributed by atoms with E-state index in [9.17, 15) is 9.59 Å². The van der Waals surface area contributed by atoms with Gasteiger partial charge in [-0.05, 0) is 26.0 Å². The molecule has 8 heteroatoms. The first-order chi connectivity index (χ1) is 13.4. The fraction of sp³-hybridized carbons (Fsp3) is 0.300. The number of esters is 1. The van der Waals surface area contributed by atoms with E-state index in [1.165, 1.54) is 6.33 Å². The van der Waals surface area contributed by atoms with E-state index in [2.05, 4.69) is 27.2 Å². The highest BCUT2D eigenvalue weighted by Crippen LogP contribution is 2.33. The third-order valence-corrected chi connectivity index (χ3v) is 4.36. The number of nitrogens with zero attached hydrogens (tertiary/aromatic N) is 2. The summed E-state index contributed by atoms with van der Waals surface area (Å²) in [4.78, 5) is 33.0. The van der Waals surface area contributed by atoms with Gasteiger partial charge in [0.05, 0.1) is 30.0 Å². The number of epoxide rings is 1. The molecule has 28 heavy (non-hydrogen) atoms. The highest BCUT2D eigenvalue weighted by molar-refractivity contribution is 6.18. The van der Waals surface area contributed by atoms with Crippen LogP contribution in [-0.2, 0) is 19.1 Å². The number of anilines is 2. The topological polar surface area (TPSA) is 106 Å². The maximum Gasteiger partial charge on any atom is 0.338 e. The van der Waals surface area contributed by atoms with Crippen LogP contribution in [0.4, 0.5) is 11.5 Å². The molecule has 1 aliphatic rings. The van der Waals surface area contributed by atoms with Gasteiger partial charge in [0.25, 0.3) is 5.91 Å². The largest absolute Gasteiger partial charge is 0.462 e. The van der Waals surface area contributed by atoms with Gasteiger partial charge in [0.1, 0.15) is 12.1 Å². The zero-order chi connectivity index (χ0) is 20.3. The van der Waals surface area contributed by atoms with Gasteiger partial charge in [0.2, 0.25) is 0 Å². The summed E-state index contributed by atoms with van der Waals surface area (Å²) < 4.78 is 10.2. The summed E-state index contributed by atoms with van der Waals surface area (Å²) in [7, 11) is 1.70. The van der Waals surface area contributed by atoms with E-state index in [1.807, 2.05) is 6.07 Å². The summed E-state index contributed by atoms with van der Waals surface area (Å²) in [5, 5.41) is 5.79. The zero-order valence-corrected chi connectivity index (χ0v) is 16.0. The zero-order valence-electron chi connectivity index (χ0n) is 16.0. The SMILES string of the molecule is C=C(C(=O)OCC)c1c(NC)ncnc1-c1cccc(NC(=O)C2(C)CO2)c1. The fourth-order valence-corrected chi connectivity index (χ4v) is 2.65. The van der Waals surface area contributed by atoms with E-state index in [4.69, 9.17) is 9.47 Å². The van der Waals surface area contributed by atoms with Gasteiger partial charge in [0.15, 0.2) is 5.60 Å². The van der Waals surface area contributed by atoms with Crippen LogP contribution in [0.1, 0.15) is 19.4 Å². The van der Waals surface area contributed by atoms with E-state index >= 15 is 0 Å². The van der Waals surface area contributed by atoms with Gasteiger partial charge >= 0.3 is 5.97 Å². The molecule has 3 rings (SSSR count). The van der Waals surface area contributed by atoms with E-state index in [0.29, 0.717) is 34.9 Å². The number of aromatic nitrogens is 2. The van der Waals surface area contributed by atoms with E-state index < -0.39 is 11.6 Å². The molecule has 8 nitrogen and oxygen atoms in total. The second-order valence-electron chi connectivity index (χ2n) is 6.45. The molecule has 1 aromatic carbocycles. The molecule has 2 heterocycles. The van der Waals surface area contributed by atoms with Crippen molar-refractivity contribution in [2.75, 3.05) is 30.9 Å². The van der Waals surface area contributed by atoms with Gasteiger partial charge in [-0.25, -0.2) is 14.8 Å². The lowest BCUT2D eigenvalue weighted by Crippen LogP contribution is -2.28. The molecule has 2 N–H and O–H groups in total. The maximum atomic E-state index is 12.2. The summed E-state index contributed by atoms with van der Waals surface area (Å²) in [6, 6.07) is 7.16. The second-order valence-corrected chi connectivity index (χ2v) is 6.45. The van der Waals surface area contributed by atoms with Gasteiger partial charge in [-0.1, -0.05) is 18.7 Å². The Morgan fingerprint density at radius 1 is 1.36 bits per heavy atom. The lowest BCUT2D eigenvalue weighted by atomic mass is 10.00. The number of amides is 1. The van der Waals surface area contributed by atoms with E-state index in [-0.39, 0.29) is 18.1 Å². The summed E-state index contributed by atoms with van der Waals surface area (Å²) in [6.45, 7) is 7.96. The van der Waals surface area contributed by atoms with Gasteiger partial charge in [-0.15, -0.1) is 0 Å². The fourth-order valence-electron chi connectivity index (χ4n) is 2.65. The van der Waals surface area contributed by atoms with Crippen molar-refractivity contribution in [3.05, 3.63) is 42.7 Å². The summed E-state index contributed by atoms with van der Waals surface area (Å²) in [5.74, 6) is -0.297. The number of ether oxygens (including phenoxy) is 2. The maximum absolute atomic E-state index is 12.2. The number of nitrogens with one attached hydrogen (secondary N) is 2. The smallest absolute Gasteiger partial charge is 0.338 e. The third-order valence-electron chi connectivity index (χ3n) is 4.36. The molecule has 2 aromatic rings. The molecule has 0 radical (unpaired) electrons. The summed E-state index contributed by atoms with van der Waals surface area (Å²) in [6.07, 6.45) is 1.40. The summed E-state index contributed by atoms with van der Waals surface area (Å²) >= 11 is 0. The summed E-state index contributed by atoms with van der Waals surface area (Å²) in [5.41, 5.74) is 1.62. The van der Waals surface area contributed by atoms with Crippen molar-refractivity contribution in [2.45, 2.75) is 19.4 Å². The average molecular weight is 382 g/mol. The molecule has 146 valence electrons. The minimum atomic E-state index is -0.770. The van der Waals surface area contributed by atoms with Crippen LogP contribution in [0.25, 0.3) is 16.8 Å². The van der Waals surface area contributed by atoms with Crippen LogP contribution in [0.15, 0.2) is 37.2 Å². The molecule has 1 unspecified atom stereocenters. The molecule has 0 saturated carbocycles. The first-order valence-corrected chi connectivity index (χ1v) is 8.84. The van der Waals surface area contributed by atoms with Gasteiger partial charge in [-0.3, -0.25) is 4.79 Å². The average Bonchev–Trinajstić information content (AvgIpc) is 3.46. The molecular formula is C20H22N4O4. The van der Waals surface area contributed by atoms with Gasteiger partial charge in [-0.2, -0.15) is 0 Å². The van der Waals surface area contributed by atoms with Crippen molar-refractivity contribution in [3.63, 3.8) is 0 Å². The Morgan fingerprint density at radius 3 is 2.75 bits per heavy atom. The number of rotatable bonds is 7. The minimum Gasteiger partial charge on any atom is -0.462 e. The van der Waals surface area contributed by atoms with Crippen LogP contribution in [0.5, 0.6) is 0 Å². The molecule has 1 amide bonds. The molecule has 1 fully saturated rings. The molecule has 1 saturated heterocycles. The minimum absolute atomic E-state index is 0.148. The molecule has 1 aromatic heterocycles. The Morgan fingerprint density at radius 2 is 2.11 bits per heavy atom. The van der Waals surface area contributed by atoms with Crippen LogP contribution in [0.2, 0.25) is 0 Å². The molecule has 0 bridgehead atoms. The third kappa shape index (κ3) is 3.86.